The monoisotopic (exact) mass is 268 g/mol. The van der Waals surface area contributed by atoms with Crippen LogP contribution in [0.1, 0.15) is 24.0 Å². The molecule has 1 aliphatic heterocycles. The van der Waals surface area contributed by atoms with Gasteiger partial charge in [0.25, 0.3) is 0 Å². The predicted octanol–water partition coefficient (Wildman–Crippen LogP) is 1.98. The Morgan fingerprint density at radius 1 is 1.40 bits per heavy atom. The highest BCUT2D eigenvalue weighted by Crippen LogP contribution is 2.22. The highest BCUT2D eigenvalue weighted by Gasteiger charge is 2.20. The third-order valence-electron chi connectivity index (χ3n) is 4.20. The summed E-state index contributed by atoms with van der Waals surface area (Å²) in [7, 11) is 0. The Balaban J connectivity index is 1.85. The molecule has 0 spiro atoms. The second-order valence-electron chi connectivity index (χ2n) is 5.61. The number of rotatable bonds is 3. The van der Waals surface area contributed by atoms with Gasteiger partial charge in [0.2, 0.25) is 0 Å². The molecule has 1 fully saturated rings. The summed E-state index contributed by atoms with van der Waals surface area (Å²) in [5.74, 6) is 0.603. The van der Waals surface area contributed by atoms with E-state index in [0.717, 1.165) is 42.8 Å². The molecule has 1 atom stereocenters. The average Bonchev–Trinajstić information content (AvgIpc) is 2.84. The highest BCUT2D eigenvalue weighted by atomic mass is 15.1. The predicted molar refractivity (Wildman–Crippen MR) is 79.2 cm³/mol. The van der Waals surface area contributed by atoms with Crippen molar-refractivity contribution in [2.24, 2.45) is 11.7 Å². The second-order valence-corrected chi connectivity index (χ2v) is 5.61. The number of nitrogens with two attached hydrogens (primary N) is 1. The number of likely N-dealkylation sites (tertiary alicyclic amines) is 1. The molecule has 1 saturated heterocycles. The highest BCUT2D eigenvalue weighted by molar-refractivity contribution is 5.65. The maximum Gasteiger partial charge on any atom is 0.102 e. The third kappa shape index (κ3) is 2.43. The van der Waals surface area contributed by atoms with E-state index in [1.54, 1.807) is 0 Å². The Hall–Kier alpha value is -1.83. The molecule has 1 aliphatic rings. The first-order chi connectivity index (χ1) is 9.81. The fraction of sp³-hybridized carbons (Fsp3) is 0.438. The molecule has 3 rings (SSSR count). The molecule has 4 nitrogen and oxygen atoms in total. The van der Waals surface area contributed by atoms with Crippen molar-refractivity contribution in [1.29, 1.82) is 5.26 Å². The van der Waals surface area contributed by atoms with E-state index >= 15 is 0 Å². The van der Waals surface area contributed by atoms with Crippen LogP contribution in [-0.2, 0) is 6.54 Å². The van der Waals surface area contributed by atoms with Gasteiger partial charge in [0, 0.05) is 31.0 Å². The van der Waals surface area contributed by atoms with Gasteiger partial charge in [-0.25, -0.2) is 0 Å². The van der Waals surface area contributed by atoms with E-state index in [0.29, 0.717) is 5.92 Å². The van der Waals surface area contributed by atoms with Crippen LogP contribution in [0.3, 0.4) is 0 Å². The van der Waals surface area contributed by atoms with Crippen LogP contribution >= 0.6 is 0 Å². The molecular formula is C16H20N4. The summed E-state index contributed by atoms with van der Waals surface area (Å²) < 4.78 is 2.04. The van der Waals surface area contributed by atoms with Gasteiger partial charge in [-0.15, -0.1) is 0 Å². The van der Waals surface area contributed by atoms with E-state index in [2.05, 4.69) is 17.2 Å². The van der Waals surface area contributed by atoms with E-state index in [1.165, 1.54) is 12.8 Å². The number of pyridine rings is 1. The lowest BCUT2D eigenvalue weighted by molar-refractivity contribution is 0.171. The minimum absolute atomic E-state index is 0.603. The van der Waals surface area contributed by atoms with Crippen LogP contribution in [0.25, 0.3) is 5.52 Å². The van der Waals surface area contributed by atoms with E-state index in [9.17, 15) is 5.26 Å². The molecule has 4 heteroatoms. The molecule has 0 bridgehead atoms. The van der Waals surface area contributed by atoms with Crippen LogP contribution in [-0.4, -0.2) is 28.9 Å². The van der Waals surface area contributed by atoms with Crippen molar-refractivity contribution in [3.8, 4) is 6.07 Å². The summed E-state index contributed by atoms with van der Waals surface area (Å²) in [4.78, 5) is 2.43. The first-order valence-electron chi connectivity index (χ1n) is 7.23. The lowest BCUT2D eigenvalue weighted by Gasteiger charge is -2.31. The molecule has 0 saturated carbocycles. The molecule has 0 aliphatic carbocycles. The number of piperidine rings is 1. The van der Waals surface area contributed by atoms with Gasteiger partial charge in [0.1, 0.15) is 6.07 Å². The number of hydrogen-bond donors (Lipinski definition) is 1. The van der Waals surface area contributed by atoms with Crippen LogP contribution < -0.4 is 5.73 Å². The quantitative estimate of drug-likeness (QED) is 0.926. The van der Waals surface area contributed by atoms with Crippen molar-refractivity contribution in [1.82, 2.24) is 9.30 Å². The van der Waals surface area contributed by atoms with Gasteiger partial charge in [-0.3, -0.25) is 4.90 Å². The van der Waals surface area contributed by atoms with Gasteiger partial charge in [-0.1, -0.05) is 6.07 Å². The molecule has 2 N–H and O–H groups in total. The molecule has 2 aromatic heterocycles. The summed E-state index contributed by atoms with van der Waals surface area (Å²) in [6.07, 6.45) is 6.52. The van der Waals surface area contributed by atoms with Crippen molar-refractivity contribution in [2.75, 3.05) is 19.6 Å². The summed E-state index contributed by atoms with van der Waals surface area (Å²) in [6, 6.07) is 8.33. The van der Waals surface area contributed by atoms with Crippen molar-refractivity contribution < 1.29 is 0 Å². The first kappa shape index (κ1) is 13.2. The fourth-order valence-corrected chi connectivity index (χ4v) is 3.15. The molecule has 1 unspecified atom stereocenters. The topological polar surface area (TPSA) is 57.5 Å². The van der Waals surface area contributed by atoms with E-state index in [4.69, 9.17) is 5.73 Å². The smallest absolute Gasteiger partial charge is 0.102 e. The lowest BCUT2D eigenvalue weighted by Crippen LogP contribution is -2.37. The Morgan fingerprint density at radius 2 is 2.30 bits per heavy atom. The molecule has 2 aromatic rings. The van der Waals surface area contributed by atoms with Gasteiger partial charge in [0.15, 0.2) is 0 Å². The number of nitriles is 1. The number of nitrogens with zero attached hydrogens (tertiary/aromatic N) is 3. The van der Waals surface area contributed by atoms with Crippen LogP contribution in [0.5, 0.6) is 0 Å². The zero-order valence-corrected chi connectivity index (χ0v) is 11.6. The maximum absolute atomic E-state index is 9.43. The van der Waals surface area contributed by atoms with Gasteiger partial charge in [-0.05, 0) is 44.0 Å². The van der Waals surface area contributed by atoms with Crippen molar-refractivity contribution in [3.05, 3.63) is 41.7 Å². The van der Waals surface area contributed by atoms with Crippen LogP contribution in [0, 0.1) is 17.2 Å². The second kappa shape index (κ2) is 5.66. The van der Waals surface area contributed by atoms with Crippen molar-refractivity contribution in [3.63, 3.8) is 0 Å². The van der Waals surface area contributed by atoms with Gasteiger partial charge in [-0.2, -0.15) is 5.26 Å². The molecular weight excluding hydrogens is 248 g/mol. The summed E-state index contributed by atoms with van der Waals surface area (Å²) >= 11 is 0. The lowest BCUT2D eigenvalue weighted by atomic mass is 9.98. The Morgan fingerprint density at radius 3 is 3.10 bits per heavy atom. The van der Waals surface area contributed by atoms with Gasteiger partial charge < -0.3 is 10.1 Å². The number of aromatic nitrogens is 1. The zero-order chi connectivity index (χ0) is 13.9. The summed E-state index contributed by atoms with van der Waals surface area (Å²) in [6.45, 7) is 3.77. The maximum atomic E-state index is 9.43. The van der Waals surface area contributed by atoms with Gasteiger partial charge >= 0.3 is 0 Å². The number of hydrogen-bond acceptors (Lipinski definition) is 3. The van der Waals surface area contributed by atoms with E-state index < -0.39 is 0 Å². The van der Waals surface area contributed by atoms with Crippen molar-refractivity contribution >= 4 is 5.52 Å². The summed E-state index contributed by atoms with van der Waals surface area (Å²) in [5.41, 5.74) is 8.72. The SMILES string of the molecule is N#Cc1c(CN2CCCC(CN)C2)cn2ccccc12. The molecule has 0 aromatic carbocycles. The minimum atomic E-state index is 0.603. The Bertz CT molecular complexity index is 637. The molecule has 20 heavy (non-hydrogen) atoms. The van der Waals surface area contributed by atoms with Crippen LogP contribution in [0.4, 0.5) is 0 Å². The third-order valence-corrected chi connectivity index (χ3v) is 4.20. The van der Waals surface area contributed by atoms with Crippen LogP contribution in [0.15, 0.2) is 30.6 Å². The van der Waals surface area contributed by atoms with E-state index in [-0.39, 0.29) is 0 Å². The summed E-state index contributed by atoms with van der Waals surface area (Å²) in [5, 5.41) is 9.43. The van der Waals surface area contributed by atoms with Crippen LogP contribution in [0.2, 0.25) is 0 Å². The van der Waals surface area contributed by atoms with E-state index in [1.807, 2.05) is 28.8 Å². The zero-order valence-electron chi connectivity index (χ0n) is 11.6. The van der Waals surface area contributed by atoms with Gasteiger partial charge in [0.05, 0.1) is 11.1 Å². The largest absolute Gasteiger partial charge is 0.330 e. The minimum Gasteiger partial charge on any atom is -0.330 e. The molecule has 3 heterocycles. The Kier molecular flexibility index (Phi) is 3.72. The molecule has 0 radical (unpaired) electrons. The number of fused-ring (bicyclic) bond motifs is 1. The fourth-order valence-electron chi connectivity index (χ4n) is 3.15. The molecule has 104 valence electrons. The molecule has 0 amide bonds. The van der Waals surface area contributed by atoms with Crippen molar-refractivity contribution in [2.45, 2.75) is 19.4 Å². The Labute approximate surface area is 119 Å². The standard InChI is InChI=1S/C16H20N4/c17-8-13-4-3-6-19(10-13)11-14-12-20-7-2-1-5-16(20)15(14)9-18/h1-2,5,7,12-13H,3-4,6,8,10-11,17H2. The first-order valence-corrected chi connectivity index (χ1v) is 7.23. The average molecular weight is 268 g/mol. The normalized spacial score (nSPS) is 20.1.